The van der Waals surface area contributed by atoms with Crippen LogP contribution < -0.4 is 0 Å². The number of nitrogens with zero attached hydrogens (tertiary/aromatic N) is 41. The maximum absolute atomic E-state index is 11.2. The summed E-state index contributed by atoms with van der Waals surface area (Å²) in [6.07, 6.45) is 19.9. The predicted molar refractivity (Wildman–Crippen MR) is 550 cm³/mol. The number of benzene rings is 5. The van der Waals surface area contributed by atoms with Gasteiger partial charge in [-0.05, 0) is 202 Å². The molecule has 0 saturated heterocycles. The second-order valence-corrected chi connectivity index (χ2v) is 38.7. The molecule has 3 N–H and O–H groups in total. The number of hydrogen-bond donors (Lipinski definition) is 3. The molecule has 0 fully saturated rings. The zero-order valence-electron chi connectivity index (χ0n) is 74.6. The highest BCUT2D eigenvalue weighted by molar-refractivity contribution is 9.14. The van der Waals surface area contributed by atoms with Crippen LogP contribution in [0.4, 0.5) is 0 Å². The monoisotopic (exact) mass is 2430 g/mol. The lowest BCUT2D eigenvalue weighted by Gasteiger charge is -2.06. The number of ketones is 2. The van der Waals surface area contributed by atoms with Gasteiger partial charge >= 0.3 is 11.9 Å². The van der Waals surface area contributed by atoms with Crippen LogP contribution in [0.5, 0.6) is 0 Å². The maximum Gasteiger partial charge on any atom is 0.327 e. The number of carbonyl (C=O) groups excluding carboxylic acids is 2. The molecule has 0 radical (unpaired) electrons. The lowest BCUT2D eigenvalue weighted by molar-refractivity contribution is -0.139. The van der Waals surface area contributed by atoms with Crippen molar-refractivity contribution in [1.82, 2.24) is 205 Å². The number of hydrogen-bond acceptors (Lipinski definition) is 37. The molecule has 148 heavy (non-hydrogen) atoms. The predicted octanol–water partition coefficient (Wildman–Crippen LogP) is 16.8. The number of tetrazole rings is 4. The van der Waals surface area contributed by atoms with E-state index in [-0.39, 0.29) is 80.8 Å². The van der Waals surface area contributed by atoms with E-state index in [0.717, 1.165) is 62.0 Å². The molecule has 0 saturated carbocycles. The smallest absolute Gasteiger partial charge is 0.327 e. The zero-order valence-corrected chi connectivity index (χ0v) is 88.5. The van der Waals surface area contributed by atoms with Crippen LogP contribution in [0.25, 0.3) is 107 Å². The second-order valence-electron chi connectivity index (χ2n) is 30.7. The van der Waals surface area contributed by atoms with Crippen molar-refractivity contribution in [2.75, 3.05) is 0 Å². The van der Waals surface area contributed by atoms with Crippen molar-refractivity contribution in [1.29, 1.82) is 0 Å². The van der Waals surface area contributed by atoms with Gasteiger partial charge in [-0.3, -0.25) is 28.8 Å². The number of carbonyl (C=O) groups is 4. The van der Waals surface area contributed by atoms with Crippen molar-refractivity contribution in [2.24, 2.45) is 0 Å². The fourth-order valence-electron chi connectivity index (χ4n) is 12.7. The average molecular weight is 2440 g/mol. The van der Waals surface area contributed by atoms with Gasteiger partial charge in [-0.15, -0.1) is 77.6 Å². The van der Waals surface area contributed by atoms with Gasteiger partial charge in [0.1, 0.15) is 46.6 Å². The van der Waals surface area contributed by atoms with Gasteiger partial charge in [0.25, 0.3) is 5.89 Å². The highest BCUT2D eigenvalue weighted by Crippen LogP contribution is 2.38. The molecule has 15 aromatic heterocycles. The Morgan fingerprint density at radius 1 is 0.385 bits per heavy atom. The molecule has 0 spiro atoms. The molecular weight excluding hydrogens is 2370 g/mol. The number of thiazole rings is 1. The summed E-state index contributed by atoms with van der Waals surface area (Å²) in [6.45, 7) is 9.95. The Hall–Kier alpha value is -14.1. The fourth-order valence-corrected chi connectivity index (χ4v) is 17.5. The number of pyridine rings is 1. The van der Waals surface area contributed by atoms with Gasteiger partial charge in [-0.25, -0.2) is 43.0 Å². The molecule has 15 heterocycles. The number of aliphatic carboxylic acids is 2. The van der Waals surface area contributed by atoms with E-state index in [1.807, 2.05) is 43.5 Å². The van der Waals surface area contributed by atoms with E-state index in [0.29, 0.717) is 166 Å². The summed E-state index contributed by atoms with van der Waals surface area (Å²) in [6, 6.07) is 23.3. The molecule has 0 aliphatic rings. The largest absolute Gasteiger partial charge is 0.511 e. The number of carboxylic acid groups (broad SMARTS) is 2. The quantitative estimate of drug-likeness (QED) is 0.0278. The molecule has 0 bridgehead atoms. The highest BCUT2D eigenvalue weighted by atomic mass is 79.9. The van der Waals surface area contributed by atoms with Crippen LogP contribution in [0.3, 0.4) is 0 Å². The normalized spacial score (nSPS) is 11.0. The molecule has 0 aliphatic heterocycles. The Balaban J connectivity index is 0.000000138. The summed E-state index contributed by atoms with van der Waals surface area (Å²) in [5.74, 6) is 0.328. The minimum Gasteiger partial charge on any atom is -0.511 e. The lowest BCUT2D eigenvalue weighted by atomic mass is 10.1. The Morgan fingerprint density at radius 2 is 0.804 bits per heavy atom. The van der Waals surface area contributed by atoms with Crippen molar-refractivity contribution in [3.63, 3.8) is 0 Å². The molecule has 5 aromatic carbocycles. The van der Waals surface area contributed by atoms with Gasteiger partial charge in [0.05, 0.1) is 138 Å². The molecule has 0 amide bonds. The van der Waals surface area contributed by atoms with Crippen LogP contribution in [-0.4, -0.2) is 244 Å². The van der Waals surface area contributed by atoms with Crippen molar-refractivity contribution < 1.29 is 39.0 Å². The Labute approximate surface area is 915 Å². The zero-order chi connectivity index (χ0) is 104. The molecular formula is C84H63Br3Cl11N41O8S. The number of halogens is 14. The molecule has 64 heteroatoms. The summed E-state index contributed by atoms with van der Waals surface area (Å²) in [5.41, 5.74) is 10.4. The third-order valence-electron chi connectivity index (χ3n) is 19.3. The third-order valence-corrected chi connectivity index (χ3v) is 27.9. The van der Waals surface area contributed by atoms with Crippen molar-refractivity contribution in [3.05, 3.63) is 268 Å². The van der Waals surface area contributed by atoms with E-state index in [4.69, 9.17) is 142 Å². The number of aliphatic hydroxyl groups is 1. The first-order chi connectivity index (χ1) is 70.4. The van der Waals surface area contributed by atoms with Gasteiger partial charge in [0, 0.05) is 66.2 Å². The van der Waals surface area contributed by atoms with Crippen LogP contribution in [0.15, 0.2) is 184 Å². The number of Topliss-reactive ketones (excluding diaryl/α,β-unsaturated/α-hetero) is 2. The van der Waals surface area contributed by atoms with E-state index < -0.39 is 11.9 Å². The van der Waals surface area contributed by atoms with E-state index in [2.05, 4.69) is 208 Å². The summed E-state index contributed by atoms with van der Waals surface area (Å²) in [5, 5.41) is 132. The van der Waals surface area contributed by atoms with Crippen LogP contribution >= 0.6 is 187 Å². The molecule has 0 unspecified atom stereocenters. The van der Waals surface area contributed by atoms with Crippen molar-refractivity contribution >= 4 is 210 Å². The summed E-state index contributed by atoms with van der Waals surface area (Å²) in [7, 11) is 0. The van der Waals surface area contributed by atoms with Crippen LogP contribution in [0, 0.1) is 6.92 Å². The second kappa shape index (κ2) is 48.7. The van der Waals surface area contributed by atoms with Gasteiger partial charge in [0.15, 0.2) is 47.7 Å². The standard InChI is InChI=1S/C18H13Br3N8O.C17H12Cl3N9O.C17H12Cl3N7O2.C16H13Cl2N9O2.C15H9Cl3N8O2S.CH4/c1-10(30)7-29-25-18(24-27-29)15-3-2-12(6-22-15)16-9-28(26-23-16)8-11-4-13(19)17(21)14(20)5-11;1-9(30)6-29-25-16(24-27-29)11-4-21-17(22-5-11)14-8-28(26-23-14)7-10-2-12(18)15(20)13(19)3-10;1-9(28)6-26-3-2-13(23-26)17-21-16(24-29-17)14-8-27(25-22-14)7-10-4-11(18)15(20)12(19)5-10;1-9-12(17)2-10(3-13(9)18)5-25-7-14(20-23-25)26-6-11(4-19-26)16-21-24-27(22-16)8-15(28)29;16-8-1-7(2-9(17)13(8)18)4-25-5-10(20-23-25)15-19-3-11(29-15)14-21-24-26(22-14)6-12(27)28;/h2-6,9H,7-8H2,1H3;2-5,8H,6-7H2,1H3;2-5,8,28H,1,6-7H2;2-4,6-7H,5,8H2,1H3,(H,28,29);1-3,5H,4,6H2,(H,27,28);1H4. The highest BCUT2D eigenvalue weighted by Gasteiger charge is 2.24. The molecule has 0 atom stereocenters. The van der Waals surface area contributed by atoms with Gasteiger partial charge in [0.2, 0.25) is 29.1 Å². The minimum atomic E-state index is -1.06. The molecule has 20 rings (SSSR count). The first-order valence-corrected chi connectivity index (χ1v) is 48.9. The van der Waals surface area contributed by atoms with E-state index in [9.17, 15) is 24.3 Å². The van der Waals surface area contributed by atoms with Crippen molar-refractivity contribution in [2.45, 2.75) is 93.6 Å². The summed E-state index contributed by atoms with van der Waals surface area (Å²) < 4.78 is 19.3. The van der Waals surface area contributed by atoms with E-state index in [1.165, 1.54) is 50.3 Å². The minimum absolute atomic E-state index is 0. The topological polar surface area (TPSA) is 583 Å². The first-order valence-electron chi connectivity index (χ1n) is 41.5. The van der Waals surface area contributed by atoms with Crippen LogP contribution in [0.2, 0.25) is 55.2 Å². The van der Waals surface area contributed by atoms with Gasteiger partial charge in [-0.1, -0.05) is 173 Å². The Bertz CT molecular complexity index is 7490. The average Bonchev–Trinajstić information content (AvgIpc) is 1.67. The number of carboxylic acids is 2. The number of aliphatic hydroxyl groups excluding tert-OH is 1. The fraction of sp³-hybridized carbons (Fsp3) is 0.167. The Kier molecular flexibility index (Phi) is 35.6. The van der Waals surface area contributed by atoms with E-state index in [1.54, 1.807) is 134 Å². The Morgan fingerprint density at radius 3 is 1.30 bits per heavy atom. The first kappa shape index (κ1) is 108. The number of rotatable bonds is 30. The van der Waals surface area contributed by atoms with Crippen LogP contribution in [0.1, 0.15) is 54.7 Å². The summed E-state index contributed by atoms with van der Waals surface area (Å²) in [4.78, 5) is 70.3. The maximum atomic E-state index is 11.2. The van der Waals surface area contributed by atoms with E-state index >= 15 is 0 Å². The molecule has 0 aliphatic carbocycles. The third kappa shape index (κ3) is 28.3. The lowest BCUT2D eigenvalue weighted by Crippen LogP contribution is -2.11. The number of aromatic nitrogens is 41. The van der Waals surface area contributed by atoms with Gasteiger partial charge < -0.3 is 19.8 Å². The number of allylic oxidation sites excluding steroid dienone is 1. The van der Waals surface area contributed by atoms with Crippen LogP contribution in [-0.2, 0) is 84.6 Å². The molecule has 756 valence electrons. The van der Waals surface area contributed by atoms with Gasteiger partial charge in [-0.2, -0.15) is 34.4 Å². The summed E-state index contributed by atoms with van der Waals surface area (Å²) >= 11 is 78.5. The molecule has 49 nitrogen and oxygen atoms in total. The SMILES string of the molecule is C.C=C(O)Cn1ccc(-c2nc(-c3cn(Cc4cc(Cl)c(Cl)c(Cl)c4)nn3)no2)n1.CC(=O)Cn1nnc(-c2ccc(-c3cn(Cc4cc(Br)c(Br)c(Br)c4)nn3)cn2)n1.CC(=O)Cn1nnc(-c2cnc(-c3cn(Cc4cc(Cl)c(Cl)c(Cl)c4)nn3)nc2)n1.Cc1c(Cl)cc(Cn2cc(-n3cc(-c4nnn(CC(=O)O)n4)cn3)nn2)cc1Cl.O=C(O)Cn1nnc(-c2cnc(-c3cn(Cc4cc(Cl)c(Cl)c(Cl)c4)nn3)s2)n1. The molecule has 20 aromatic rings. The van der Waals surface area contributed by atoms with Crippen molar-refractivity contribution in [3.8, 4) is 107 Å².